The third-order valence-electron chi connectivity index (χ3n) is 3.42. The Balaban J connectivity index is 1.82. The molecule has 2 heterocycles. The van der Waals surface area contributed by atoms with Crippen molar-refractivity contribution in [1.29, 1.82) is 0 Å². The van der Waals surface area contributed by atoms with Gasteiger partial charge in [0.1, 0.15) is 11.5 Å². The maximum absolute atomic E-state index is 12.6. The van der Waals surface area contributed by atoms with Gasteiger partial charge in [-0.25, -0.2) is 0 Å². The molecule has 1 aromatic carbocycles. The molecule has 9 heteroatoms. The smallest absolute Gasteiger partial charge is 0.285 e. The van der Waals surface area contributed by atoms with Gasteiger partial charge in [0.25, 0.3) is 11.8 Å². The van der Waals surface area contributed by atoms with Crippen LogP contribution < -0.4 is 14.9 Å². The molecule has 0 saturated carbocycles. The average Bonchev–Trinajstić information content (AvgIpc) is 3.26. The van der Waals surface area contributed by atoms with Crippen molar-refractivity contribution in [1.82, 2.24) is 10.4 Å². The zero-order valence-electron chi connectivity index (χ0n) is 13.8. The zero-order chi connectivity index (χ0) is 18.7. The average molecular weight is 407 g/mol. The van der Waals surface area contributed by atoms with Crippen LogP contribution in [0.4, 0.5) is 0 Å². The Morgan fingerprint density at radius 3 is 2.50 bits per heavy atom. The third-order valence-corrected chi connectivity index (χ3v) is 5.59. The molecule has 2 aromatic rings. The second-order valence-corrected chi connectivity index (χ2v) is 7.70. The number of nitrogens with zero attached hydrogens (tertiary/aromatic N) is 1. The van der Waals surface area contributed by atoms with Crippen molar-refractivity contribution in [2.24, 2.45) is 0 Å². The molecule has 0 aliphatic carbocycles. The summed E-state index contributed by atoms with van der Waals surface area (Å²) in [5, 5.41) is 2.88. The quantitative estimate of drug-likeness (QED) is 0.607. The fraction of sp³-hybridized carbons (Fsp3) is 0.118. The summed E-state index contributed by atoms with van der Waals surface area (Å²) < 4.78 is 10.7. The van der Waals surface area contributed by atoms with Crippen LogP contribution in [0.15, 0.2) is 40.6 Å². The summed E-state index contributed by atoms with van der Waals surface area (Å²) >= 11 is 7.63. The molecule has 0 radical (unpaired) electrons. The number of thioether (sulfide) groups is 1. The molecule has 1 aliphatic rings. The highest BCUT2D eigenvalue weighted by atomic mass is 32.2. The summed E-state index contributed by atoms with van der Waals surface area (Å²) in [6.07, 6.45) is 1.68. The summed E-state index contributed by atoms with van der Waals surface area (Å²) in [6.45, 7) is 0. The van der Waals surface area contributed by atoms with Gasteiger partial charge in [0.2, 0.25) is 0 Å². The first-order valence-corrected chi connectivity index (χ1v) is 9.48. The minimum atomic E-state index is -0.383. The van der Waals surface area contributed by atoms with Crippen LogP contribution in [-0.2, 0) is 4.79 Å². The van der Waals surface area contributed by atoms with Gasteiger partial charge >= 0.3 is 0 Å². The third kappa shape index (κ3) is 3.90. The van der Waals surface area contributed by atoms with Gasteiger partial charge in [-0.1, -0.05) is 17.8 Å². The highest BCUT2D eigenvalue weighted by Crippen LogP contribution is 2.33. The second-order valence-electron chi connectivity index (χ2n) is 5.08. The van der Waals surface area contributed by atoms with Crippen molar-refractivity contribution in [3.8, 4) is 11.5 Å². The fourth-order valence-electron chi connectivity index (χ4n) is 2.19. The van der Waals surface area contributed by atoms with Gasteiger partial charge in [-0.2, -0.15) is 5.01 Å². The molecule has 1 saturated heterocycles. The van der Waals surface area contributed by atoms with Gasteiger partial charge in [-0.15, -0.1) is 11.3 Å². The predicted molar refractivity (Wildman–Crippen MR) is 106 cm³/mol. The first-order valence-electron chi connectivity index (χ1n) is 7.37. The number of amides is 2. The van der Waals surface area contributed by atoms with Crippen LogP contribution >= 0.6 is 35.3 Å². The zero-order valence-corrected chi connectivity index (χ0v) is 16.3. The number of nitrogens with one attached hydrogen (secondary N) is 1. The largest absolute Gasteiger partial charge is 0.497 e. The van der Waals surface area contributed by atoms with Gasteiger partial charge in [0.05, 0.1) is 24.0 Å². The van der Waals surface area contributed by atoms with E-state index in [9.17, 15) is 9.59 Å². The molecular formula is C17H14N2O4S3. The highest BCUT2D eigenvalue weighted by molar-refractivity contribution is 8.26. The molecular weight excluding hydrogens is 392 g/mol. The molecule has 1 aliphatic heterocycles. The van der Waals surface area contributed by atoms with E-state index in [1.165, 1.54) is 11.3 Å². The molecule has 134 valence electrons. The van der Waals surface area contributed by atoms with E-state index in [1.54, 1.807) is 56.0 Å². The van der Waals surface area contributed by atoms with E-state index >= 15 is 0 Å². The topological polar surface area (TPSA) is 67.9 Å². The Kier molecular flexibility index (Phi) is 5.60. The monoisotopic (exact) mass is 406 g/mol. The minimum absolute atomic E-state index is 0.265. The number of rotatable bonds is 5. The van der Waals surface area contributed by atoms with Crippen molar-refractivity contribution >= 4 is 57.5 Å². The van der Waals surface area contributed by atoms with E-state index < -0.39 is 0 Å². The summed E-state index contributed by atoms with van der Waals surface area (Å²) in [5.41, 5.74) is 3.27. The van der Waals surface area contributed by atoms with Crippen molar-refractivity contribution in [3.05, 3.63) is 51.1 Å². The number of carbonyl (C=O) groups is 2. The van der Waals surface area contributed by atoms with Gasteiger partial charge in [0, 0.05) is 6.07 Å². The maximum Gasteiger partial charge on any atom is 0.285 e. The lowest BCUT2D eigenvalue weighted by Crippen LogP contribution is -2.44. The molecule has 0 unspecified atom stereocenters. The number of hydrazine groups is 1. The number of methoxy groups -OCH3 is 2. The van der Waals surface area contributed by atoms with Crippen LogP contribution in [-0.4, -0.2) is 35.4 Å². The molecule has 26 heavy (non-hydrogen) atoms. The fourth-order valence-corrected chi connectivity index (χ4v) is 3.99. The highest BCUT2D eigenvalue weighted by Gasteiger charge is 2.34. The number of ether oxygens (including phenoxy) is 2. The Hall–Kier alpha value is -2.36. The van der Waals surface area contributed by atoms with Crippen molar-refractivity contribution < 1.29 is 19.1 Å². The van der Waals surface area contributed by atoms with E-state index in [0.717, 1.165) is 22.3 Å². The van der Waals surface area contributed by atoms with Crippen molar-refractivity contribution in [2.75, 3.05) is 14.2 Å². The standard InChI is InChI=1S/C17H14N2O4S3/c1-22-11-6-10(7-12(9-11)23-2)8-14-16(21)19(17(24)26-14)18-15(20)13-4-3-5-25-13/h3-9H,1-2H3,(H,18,20)/b14-8+. The van der Waals surface area contributed by atoms with E-state index in [2.05, 4.69) is 5.43 Å². The Labute approximate surface area is 163 Å². The number of thiophene rings is 1. The molecule has 6 nitrogen and oxygen atoms in total. The normalized spacial score (nSPS) is 15.5. The Morgan fingerprint density at radius 2 is 1.92 bits per heavy atom. The summed E-state index contributed by atoms with van der Waals surface area (Å²) in [4.78, 5) is 25.7. The lowest BCUT2D eigenvalue weighted by atomic mass is 10.2. The number of hydrogen-bond acceptors (Lipinski definition) is 7. The Bertz CT molecular complexity index is 871. The van der Waals surface area contributed by atoms with Crippen LogP contribution in [0, 0.1) is 0 Å². The number of benzene rings is 1. The maximum atomic E-state index is 12.6. The van der Waals surface area contributed by atoms with Crippen LogP contribution in [0.3, 0.4) is 0 Å². The van der Waals surface area contributed by atoms with Gasteiger partial charge in [-0.05, 0) is 47.4 Å². The Morgan fingerprint density at radius 1 is 1.23 bits per heavy atom. The molecule has 3 rings (SSSR count). The summed E-state index contributed by atoms with van der Waals surface area (Å²) in [5.74, 6) is 0.460. The predicted octanol–water partition coefficient (Wildman–Crippen LogP) is 3.31. The summed E-state index contributed by atoms with van der Waals surface area (Å²) in [6, 6.07) is 8.73. The van der Waals surface area contributed by atoms with Gasteiger partial charge < -0.3 is 9.47 Å². The molecule has 1 aromatic heterocycles. The van der Waals surface area contributed by atoms with Crippen LogP contribution in [0.2, 0.25) is 0 Å². The first-order chi connectivity index (χ1) is 12.5. The first kappa shape index (κ1) is 18.4. The molecule has 0 atom stereocenters. The van der Waals surface area contributed by atoms with Crippen LogP contribution in [0.5, 0.6) is 11.5 Å². The minimum Gasteiger partial charge on any atom is -0.497 e. The van der Waals surface area contributed by atoms with Crippen molar-refractivity contribution in [2.45, 2.75) is 0 Å². The van der Waals surface area contributed by atoms with Crippen LogP contribution in [0.25, 0.3) is 6.08 Å². The number of thiocarbonyl (C=S) groups is 1. The van der Waals surface area contributed by atoms with Gasteiger partial charge in [-0.3, -0.25) is 15.0 Å². The molecule has 0 spiro atoms. The SMILES string of the molecule is COc1cc(/C=C2/SC(=S)N(NC(=O)c3cccs3)C2=O)cc(OC)c1. The molecule has 1 fully saturated rings. The van der Waals surface area contributed by atoms with Crippen LogP contribution in [0.1, 0.15) is 15.2 Å². The van der Waals surface area contributed by atoms with E-state index in [1.807, 2.05) is 0 Å². The number of hydrogen-bond donors (Lipinski definition) is 1. The lowest BCUT2D eigenvalue weighted by molar-refractivity contribution is -0.123. The van der Waals surface area contributed by atoms with E-state index in [0.29, 0.717) is 21.3 Å². The summed E-state index contributed by atoms with van der Waals surface area (Å²) in [7, 11) is 3.11. The molecule has 1 N–H and O–H groups in total. The van der Waals surface area contributed by atoms with E-state index in [4.69, 9.17) is 21.7 Å². The second kappa shape index (κ2) is 7.90. The number of carbonyl (C=O) groups excluding carboxylic acids is 2. The molecule has 2 amide bonds. The van der Waals surface area contributed by atoms with Crippen molar-refractivity contribution in [3.63, 3.8) is 0 Å². The molecule has 0 bridgehead atoms. The van der Waals surface area contributed by atoms with Gasteiger partial charge in [0.15, 0.2) is 4.32 Å². The lowest BCUT2D eigenvalue weighted by Gasteiger charge is -2.14. The van der Waals surface area contributed by atoms with E-state index in [-0.39, 0.29) is 16.1 Å².